The Kier molecular flexibility index (Phi) is 2.89. The van der Waals surface area contributed by atoms with Gasteiger partial charge in [-0.1, -0.05) is 24.3 Å². The highest BCUT2D eigenvalue weighted by Crippen LogP contribution is 2.20. The topological polar surface area (TPSA) is 66.9 Å². The minimum absolute atomic E-state index is 0.434. The standard InChI is InChI=1S/C14H10N2O/c15-9-10-1-3-11(4-2-10)12-5-7-13(8-6-12)14(16)17/h1-8H,(H2,16,17). The number of nitriles is 1. The Morgan fingerprint density at radius 1 is 0.941 bits per heavy atom. The van der Waals surface area contributed by atoms with Crippen molar-refractivity contribution in [3.05, 3.63) is 59.7 Å². The predicted octanol–water partition coefficient (Wildman–Crippen LogP) is 2.32. The van der Waals surface area contributed by atoms with E-state index in [1.54, 1.807) is 24.3 Å². The van der Waals surface area contributed by atoms with Gasteiger partial charge < -0.3 is 5.73 Å². The molecule has 2 aromatic rings. The summed E-state index contributed by atoms with van der Waals surface area (Å²) in [5.41, 5.74) is 8.27. The monoisotopic (exact) mass is 222 g/mol. The quantitative estimate of drug-likeness (QED) is 0.847. The highest BCUT2D eigenvalue weighted by Gasteiger charge is 2.01. The fraction of sp³-hybridized carbons (Fsp3) is 0. The molecule has 0 saturated heterocycles. The molecule has 0 aliphatic heterocycles. The molecule has 3 heteroatoms. The third kappa shape index (κ3) is 2.32. The second kappa shape index (κ2) is 4.50. The molecule has 0 aliphatic rings. The van der Waals surface area contributed by atoms with Crippen LogP contribution in [0.1, 0.15) is 15.9 Å². The van der Waals surface area contributed by atoms with Gasteiger partial charge in [0.2, 0.25) is 5.91 Å². The molecule has 0 atom stereocenters. The highest BCUT2D eigenvalue weighted by atomic mass is 16.1. The van der Waals surface area contributed by atoms with E-state index < -0.39 is 5.91 Å². The van der Waals surface area contributed by atoms with Crippen molar-refractivity contribution in [3.8, 4) is 17.2 Å². The molecular formula is C14H10N2O. The highest BCUT2D eigenvalue weighted by molar-refractivity contribution is 5.93. The van der Waals surface area contributed by atoms with Gasteiger partial charge in [0.1, 0.15) is 0 Å². The maximum absolute atomic E-state index is 10.9. The summed E-state index contributed by atoms with van der Waals surface area (Å²) in [6.45, 7) is 0. The molecule has 0 heterocycles. The summed E-state index contributed by atoms with van der Waals surface area (Å²) in [5.74, 6) is -0.434. The average molecular weight is 222 g/mol. The first-order valence-corrected chi connectivity index (χ1v) is 5.11. The van der Waals surface area contributed by atoms with Crippen molar-refractivity contribution in [1.29, 1.82) is 5.26 Å². The number of carbonyl (C=O) groups is 1. The molecule has 0 bridgehead atoms. The van der Waals surface area contributed by atoms with Crippen LogP contribution in [0.15, 0.2) is 48.5 Å². The SMILES string of the molecule is N#Cc1ccc(-c2ccc(C(N)=O)cc2)cc1. The molecule has 17 heavy (non-hydrogen) atoms. The second-order valence-corrected chi connectivity index (χ2v) is 3.63. The van der Waals surface area contributed by atoms with Crippen LogP contribution in [0.25, 0.3) is 11.1 Å². The third-order valence-corrected chi connectivity index (χ3v) is 2.52. The van der Waals surface area contributed by atoms with Gasteiger partial charge in [0, 0.05) is 5.56 Å². The lowest BCUT2D eigenvalue weighted by Gasteiger charge is -2.02. The van der Waals surface area contributed by atoms with Crippen molar-refractivity contribution in [3.63, 3.8) is 0 Å². The molecule has 2 N–H and O–H groups in total. The molecule has 0 spiro atoms. The molecule has 2 aromatic carbocycles. The molecular weight excluding hydrogens is 212 g/mol. The van der Waals surface area contributed by atoms with Crippen LogP contribution in [-0.2, 0) is 0 Å². The largest absolute Gasteiger partial charge is 0.366 e. The van der Waals surface area contributed by atoms with Crippen LogP contribution >= 0.6 is 0 Å². The summed E-state index contributed by atoms with van der Waals surface area (Å²) in [7, 11) is 0. The Balaban J connectivity index is 2.33. The van der Waals surface area contributed by atoms with Gasteiger partial charge in [-0.3, -0.25) is 4.79 Å². The molecule has 0 aromatic heterocycles. The Hall–Kier alpha value is -2.60. The number of primary amides is 1. The summed E-state index contributed by atoms with van der Waals surface area (Å²) < 4.78 is 0. The first kappa shape index (κ1) is 10.9. The number of rotatable bonds is 2. The molecule has 0 unspecified atom stereocenters. The third-order valence-electron chi connectivity index (χ3n) is 2.52. The smallest absolute Gasteiger partial charge is 0.248 e. The van der Waals surface area contributed by atoms with Gasteiger partial charge in [-0.25, -0.2) is 0 Å². The summed E-state index contributed by atoms with van der Waals surface area (Å²) in [6, 6.07) is 16.4. The first-order valence-electron chi connectivity index (χ1n) is 5.11. The lowest BCUT2D eigenvalue weighted by molar-refractivity contribution is 0.100. The lowest BCUT2D eigenvalue weighted by atomic mass is 10.0. The number of hydrogen-bond acceptors (Lipinski definition) is 2. The number of nitrogens with two attached hydrogens (primary N) is 1. The van der Waals surface area contributed by atoms with Gasteiger partial charge in [0.25, 0.3) is 0 Å². The van der Waals surface area contributed by atoms with Crippen molar-refractivity contribution in [1.82, 2.24) is 0 Å². The summed E-state index contributed by atoms with van der Waals surface area (Å²) >= 11 is 0. The van der Waals surface area contributed by atoms with Gasteiger partial charge in [-0.2, -0.15) is 5.26 Å². The summed E-state index contributed by atoms with van der Waals surface area (Å²) in [4.78, 5) is 10.9. The van der Waals surface area contributed by atoms with E-state index in [0.717, 1.165) is 11.1 Å². The Morgan fingerprint density at radius 2 is 1.41 bits per heavy atom. The molecule has 0 aliphatic carbocycles. The van der Waals surface area contributed by atoms with E-state index in [-0.39, 0.29) is 0 Å². The molecule has 0 fully saturated rings. The van der Waals surface area contributed by atoms with E-state index >= 15 is 0 Å². The van der Waals surface area contributed by atoms with Crippen molar-refractivity contribution in [2.75, 3.05) is 0 Å². The maximum atomic E-state index is 10.9. The Bertz CT molecular complexity index is 577. The fourth-order valence-corrected chi connectivity index (χ4v) is 1.56. The molecule has 3 nitrogen and oxygen atoms in total. The van der Waals surface area contributed by atoms with E-state index in [1.165, 1.54) is 0 Å². The van der Waals surface area contributed by atoms with E-state index in [2.05, 4.69) is 6.07 Å². The first-order chi connectivity index (χ1) is 8.20. The summed E-state index contributed by atoms with van der Waals surface area (Å²) in [6.07, 6.45) is 0. The van der Waals surface area contributed by atoms with E-state index in [4.69, 9.17) is 11.0 Å². The zero-order valence-corrected chi connectivity index (χ0v) is 9.05. The molecule has 2 rings (SSSR count). The van der Waals surface area contributed by atoms with Crippen molar-refractivity contribution in [2.45, 2.75) is 0 Å². The van der Waals surface area contributed by atoms with Crippen LogP contribution in [0.2, 0.25) is 0 Å². The number of carbonyl (C=O) groups excluding carboxylic acids is 1. The Labute approximate surface area is 99.1 Å². The van der Waals surface area contributed by atoms with Gasteiger partial charge in [0.15, 0.2) is 0 Å². The normalized spacial score (nSPS) is 9.59. The zero-order valence-electron chi connectivity index (χ0n) is 9.05. The Morgan fingerprint density at radius 3 is 1.82 bits per heavy atom. The second-order valence-electron chi connectivity index (χ2n) is 3.63. The van der Waals surface area contributed by atoms with Crippen molar-refractivity contribution in [2.24, 2.45) is 5.73 Å². The van der Waals surface area contributed by atoms with Crippen LogP contribution in [0.4, 0.5) is 0 Å². The summed E-state index contributed by atoms with van der Waals surface area (Å²) in [5, 5.41) is 8.70. The minimum atomic E-state index is -0.434. The molecule has 1 amide bonds. The van der Waals surface area contributed by atoms with Crippen LogP contribution in [0.3, 0.4) is 0 Å². The van der Waals surface area contributed by atoms with Gasteiger partial charge >= 0.3 is 0 Å². The van der Waals surface area contributed by atoms with Gasteiger partial charge in [0.05, 0.1) is 11.6 Å². The average Bonchev–Trinajstić information content (AvgIpc) is 2.39. The minimum Gasteiger partial charge on any atom is -0.366 e. The van der Waals surface area contributed by atoms with Crippen LogP contribution in [0, 0.1) is 11.3 Å². The number of hydrogen-bond donors (Lipinski definition) is 1. The molecule has 0 saturated carbocycles. The van der Waals surface area contributed by atoms with E-state index in [1.807, 2.05) is 24.3 Å². The van der Waals surface area contributed by atoms with Crippen LogP contribution in [0.5, 0.6) is 0 Å². The van der Waals surface area contributed by atoms with Gasteiger partial charge in [-0.05, 0) is 35.4 Å². The zero-order chi connectivity index (χ0) is 12.3. The predicted molar refractivity (Wildman–Crippen MR) is 65.1 cm³/mol. The van der Waals surface area contributed by atoms with Crippen molar-refractivity contribution >= 4 is 5.91 Å². The van der Waals surface area contributed by atoms with E-state index in [9.17, 15) is 4.79 Å². The lowest BCUT2D eigenvalue weighted by Crippen LogP contribution is -2.10. The maximum Gasteiger partial charge on any atom is 0.248 e. The number of amides is 1. The number of benzene rings is 2. The van der Waals surface area contributed by atoms with Crippen molar-refractivity contribution < 1.29 is 4.79 Å². The van der Waals surface area contributed by atoms with Gasteiger partial charge in [-0.15, -0.1) is 0 Å². The fourth-order valence-electron chi connectivity index (χ4n) is 1.56. The van der Waals surface area contributed by atoms with Crippen LogP contribution < -0.4 is 5.73 Å². The number of nitrogens with zero attached hydrogens (tertiary/aromatic N) is 1. The van der Waals surface area contributed by atoms with E-state index in [0.29, 0.717) is 11.1 Å². The van der Waals surface area contributed by atoms with Crippen LogP contribution in [-0.4, -0.2) is 5.91 Å². The molecule has 82 valence electrons. The molecule has 0 radical (unpaired) electrons.